The Labute approximate surface area is 163 Å². The number of nitrogens with zero attached hydrogens (tertiary/aromatic N) is 2. The van der Waals surface area contributed by atoms with Gasteiger partial charge < -0.3 is 19.3 Å². The number of rotatable bonds is 6. The third kappa shape index (κ3) is 4.07. The van der Waals surface area contributed by atoms with Crippen molar-refractivity contribution in [3.8, 4) is 17.2 Å². The van der Waals surface area contributed by atoms with Crippen LogP contribution in [-0.4, -0.2) is 28.8 Å². The number of aliphatic hydroxyl groups excluding tert-OH is 1. The Morgan fingerprint density at radius 2 is 2.07 bits per heavy atom. The molecule has 0 aliphatic carbocycles. The minimum atomic E-state index is -0.623. The van der Waals surface area contributed by atoms with Crippen LogP contribution in [0.3, 0.4) is 0 Å². The highest BCUT2D eigenvalue weighted by molar-refractivity contribution is 5.43. The molecule has 1 N–H and O–H groups in total. The topological polar surface area (TPSA) is 73.7 Å². The smallest absolute Gasteiger partial charge is 0.130 e. The van der Waals surface area contributed by atoms with Crippen LogP contribution < -0.4 is 14.2 Å². The van der Waals surface area contributed by atoms with Crippen molar-refractivity contribution in [1.29, 1.82) is 0 Å². The summed E-state index contributed by atoms with van der Waals surface area (Å²) in [6.45, 7) is 0.781. The molecular formula is C22H22N2O4. The van der Waals surface area contributed by atoms with E-state index in [0.717, 1.165) is 22.6 Å². The molecule has 1 aliphatic rings. The standard InChI is InChI=1S/C22H22N2O4/c1-26-18-6-8-24-17(10-18)14-27-19-4-5-21-20(11-19)22(25)16(13-28-21)9-15-3-2-7-23-12-15/h2-8,10-12,16,22,25H,9,13-14H2,1H3. The number of pyridine rings is 2. The molecule has 28 heavy (non-hydrogen) atoms. The lowest BCUT2D eigenvalue weighted by Crippen LogP contribution is -2.27. The van der Waals surface area contributed by atoms with Crippen LogP contribution in [-0.2, 0) is 13.0 Å². The summed E-state index contributed by atoms with van der Waals surface area (Å²) in [5.41, 5.74) is 2.59. The molecule has 2 aromatic heterocycles. The summed E-state index contributed by atoms with van der Waals surface area (Å²) in [5, 5.41) is 10.9. The fourth-order valence-corrected chi connectivity index (χ4v) is 3.33. The van der Waals surface area contributed by atoms with Crippen molar-refractivity contribution in [2.24, 2.45) is 5.92 Å². The second kappa shape index (κ2) is 8.27. The average Bonchev–Trinajstić information content (AvgIpc) is 2.75. The van der Waals surface area contributed by atoms with Crippen molar-refractivity contribution in [3.05, 3.63) is 77.9 Å². The zero-order valence-corrected chi connectivity index (χ0v) is 15.6. The van der Waals surface area contributed by atoms with Gasteiger partial charge in [0.25, 0.3) is 0 Å². The van der Waals surface area contributed by atoms with Gasteiger partial charge >= 0.3 is 0 Å². The minimum Gasteiger partial charge on any atom is -0.497 e. The Morgan fingerprint density at radius 1 is 1.14 bits per heavy atom. The van der Waals surface area contributed by atoms with E-state index >= 15 is 0 Å². The quantitative estimate of drug-likeness (QED) is 0.709. The summed E-state index contributed by atoms with van der Waals surface area (Å²) in [7, 11) is 1.62. The van der Waals surface area contributed by atoms with Crippen LogP contribution in [0.1, 0.15) is 22.9 Å². The van der Waals surface area contributed by atoms with Gasteiger partial charge in [0.15, 0.2) is 0 Å². The van der Waals surface area contributed by atoms with Crippen molar-refractivity contribution in [2.75, 3.05) is 13.7 Å². The van der Waals surface area contributed by atoms with Crippen molar-refractivity contribution in [1.82, 2.24) is 9.97 Å². The van der Waals surface area contributed by atoms with Crippen LogP contribution in [0.2, 0.25) is 0 Å². The highest BCUT2D eigenvalue weighted by Gasteiger charge is 2.30. The maximum Gasteiger partial charge on any atom is 0.130 e. The first-order chi connectivity index (χ1) is 13.7. The number of hydrogen-bond donors (Lipinski definition) is 1. The highest BCUT2D eigenvalue weighted by atomic mass is 16.5. The number of aliphatic hydroxyl groups is 1. The summed E-state index contributed by atoms with van der Waals surface area (Å²) in [4.78, 5) is 8.42. The molecule has 2 atom stereocenters. The molecule has 2 unspecified atom stereocenters. The highest BCUT2D eigenvalue weighted by Crippen LogP contribution is 2.39. The molecule has 6 nitrogen and oxygen atoms in total. The minimum absolute atomic E-state index is 0.0352. The lowest BCUT2D eigenvalue weighted by Gasteiger charge is -2.30. The number of ether oxygens (including phenoxy) is 3. The first kappa shape index (κ1) is 18.3. The van der Waals surface area contributed by atoms with E-state index in [4.69, 9.17) is 14.2 Å². The summed E-state index contributed by atoms with van der Waals surface area (Å²) >= 11 is 0. The molecule has 0 saturated heterocycles. The molecule has 3 aromatic rings. The van der Waals surface area contributed by atoms with E-state index < -0.39 is 6.10 Å². The maximum atomic E-state index is 10.9. The predicted octanol–water partition coefficient (Wildman–Crippen LogP) is 3.35. The molecule has 6 heteroatoms. The first-order valence-corrected chi connectivity index (χ1v) is 9.18. The third-order valence-electron chi connectivity index (χ3n) is 4.83. The molecule has 1 aliphatic heterocycles. The molecule has 3 heterocycles. The average molecular weight is 378 g/mol. The molecule has 0 spiro atoms. The van der Waals surface area contributed by atoms with E-state index in [1.165, 1.54) is 0 Å². The number of hydrogen-bond acceptors (Lipinski definition) is 6. The van der Waals surface area contributed by atoms with Crippen LogP contribution in [0.15, 0.2) is 61.1 Å². The van der Waals surface area contributed by atoms with Gasteiger partial charge in [0, 0.05) is 36.1 Å². The van der Waals surface area contributed by atoms with Gasteiger partial charge in [-0.3, -0.25) is 9.97 Å². The van der Waals surface area contributed by atoms with Crippen LogP contribution in [0.5, 0.6) is 17.2 Å². The molecule has 0 radical (unpaired) electrons. The molecular weight excluding hydrogens is 356 g/mol. The lowest BCUT2D eigenvalue weighted by atomic mass is 9.88. The van der Waals surface area contributed by atoms with E-state index in [1.807, 2.05) is 42.6 Å². The van der Waals surface area contributed by atoms with E-state index in [-0.39, 0.29) is 5.92 Å². The Hall–Kier alpha value is -3.12. The summed E-state index contributed by atoms with van der Waals surface area (Å²) < 4.78 is 16.9. The summed E-state index contributed by atoms with van der Waals surface area (Å²) in [5.74, 6) is 2.06. The zero-order chi connectivity index (χ0) is 19.3. The second-order valence-corrected chi connectivity index (χ2v) is 6.76. The summed E-state index contributed by atoms with van der Waals surface area (Å²) in [6, 6.07) is 13.1. The molecule has 0 fully saturated rings. The Morgan fingerprint density at radius 3 is 2.89 bits per heavy atom. The second-order valence-electron chi connectivity index (χ2n) is 6.76. The summed E-state index contributed by atoms with van der Waals surface area (Å²) in [6.07, 6.45) is 5.33. The lowest BCUT2D eigenvalue weighted by molar-refractivity contribution is 0.0504. The van der Waals surface area contributed by atoms with Crippen molar-refractivity contribution in [2.45, 2.75) is 19.1 Å². The SMILES string of the molecule is COc1ccnc(COc2ccc3c(c2)C(O)C(Cc2cccnc2)CO3)c1. The van der Waals surface area contributed by atoms with E-state index in [9.17, 15) is 5.11 Å². The van der Waals surface area contributed by atoms with Gasteiger partial charge in [-0.2, -0.15) is 0 Å². The van der Waals surface area contributed by atoms with Crippen LogP contribution in [0, 0.1) is 5.92 Å². The molecule has 0 bridgehead atoms. The first-order valence-electron chi connectivity index (χ1n) is 9.18. The van der Waals surface area contributed by atoms with E-state index in [0.29, 0.717) is 31.1 Å². The number of methoxy groups -OCH3 is 1. The van der Waals surface area contributed by atoms with Crippen molar-refractivity contribution >= 4 is 0 Å². The number of fused-ring (bicyclic) bond motifs is 1. The van der Waals surface area contributed by atoms with Crippen molar-refractivity contribution < 1.29 is 19.3 Å². The molecule has 4 rings (SSSR count). The van der Waals surface area contributed by atoms with Gasteiger partial charge in [0.05, 0.1) is 25.5 Å². The van der Waals surface area contributed by atoms with Gasteiger partial charge in [-0.05, 0) is 42.3 Å². The predicted molar refractivity (Wildman–Crippen MR) is 103 cm³/mol. The van der Waals surface area contributed by atoms with Gasteiger partial charge in [-0.25, -0.2) is 0 Å². The monoisotopic (exact) mass is 378 g/mol. The fourth-order valence-electron chi connectivity index (χ4n) is 3.33. The van der Waals surface area contributed by atoms with Crippen molar-refractivity contribution in [3.63, 3.8) is 0 Å². The van der Waals surface area contributed by atoms with Crippen LogP contribution in [0.25, 0.3) is 0 Å². The van der Waals surface area contributed by atoms with Crippen LogP contribution >= 0.6 is 0 Å². The molecule has 0 saturated carbocycles. The largest absolute Gasteiger partial charge is 0.497 e. The zero-order valence-electron chi connectivity index (χ0n) is 15.6. The van der Waals surface area contributed by atoms with Gasteiger partial charge in [0.1, 0.15) is 23.9 Å². The van der Waals surface area contributed by atoms with Crippen LogP contribution in [0.4, 0.5) is 0 Å². The third-order valence-corrected chi connectivity index (χ3v) is 4.83. The fraction of sp³-hybridized carbons (Fsp3) is 0.273. The molecule has 144 valence electrons. The maximum absolute atomic E-state index is 10.9. The Kier molecular flexibility index (Phi) is 5.39. The molecule has 0 amide bonds. The van der Waals surface area contributed by atoms with E-state index in [1.54, 1.807) is 25.6 Å². The number of benzene rings is 1. The number of aromatic nitrogens is 2. The van der Waals surface area contributed by atoms with Gasteiger partial charge in [0.2, 0.25) is 0 Å². The Bertz CT molecular complexity index is 933. The van der Waals surface area contributed by atoms with E-state index in [2.05, 4.69) is 9.97 Å². The van der Waals surface area contributed by atoms with Gasteiger partial charge in [-0.15, -0.1) is 0 Å². The molecule has 1 aromatic carbocycles. The normalized spacial score (nSPS) is 18.1. The Balaban J connectivity index is 1.46. The van der Waals surface area contributed by atoms with Gasteiger partial charge in [-0.1, -0.05) is 6.07 Å².